The Morgan fingerprint density at radius 3 is 2.47 bits per heavy atom. The van der Waals surface area contributed by atoms with Crippen molar-refractivity contribution in [3.63, 3.8) is 0 Å². The lowest BCUT2D eigenvalue weighted by Gasteiger charge is -2.51. The molecule has 0 bridgehead atoms. The molecule has 0 radical (unpaired) electrons. The zero-order chi connectivity index (χ0) is 23.4. The first-order valence-electron chi connectivity index (χ1n) is 11.5. The summed E-state index contributed by atoms with van der Waals surface area (Å²) >= 11 is 6.64. The maximum atomic E-state index is 14.1. The third kappa shape index (κ3) is 3.00. The third-order valence-electron chi connectivity index (χ3n) is 7.31. The Bertz CT molecular complexity index is 1430. The van der Waals surface area contributed by atoms with Crippen LogP contribution in [0.1, 0.15) is 35.2 Å². The molecule has 6 heteroatoms. The van der Waals surface area contributed by atoms with Crippen LogP contribution in [0.5, 0.6) is 0 Å². The zero-order valence-corrected chi connectivity index (χ0v) is 19.5. The highest BCUT2D eigenvalue weighted by Crippen LogP contribution is 2.49. The van der Waals surface area contributed by atoms with Gasteiger partial charge in [-0.05, 0) is 35.7 Å². The van der Waals surface area contributed by atoms with Gasteiger partial charge < -0.3 is 14.8 Å². The van der Waals surface area contributed by atoms with Gasteiger partial charge in [-0.25, -0.2) is 0 Å². The van der Waals surface area contributed by atoms with Crippen molar-refractivity contribution in [1.29, 1.82) is 0 Å². The highest BCUT2D eigenvalue weighted by Gasteiger charge is 2.56. The van der Waals surface area contributed by atoms with Crippen LogP contribution in [-0.2, 0) is 21.7 Å². The van der Waals surface area contributed by atoms with Gasteiger partial charge in [-0.15, -0.1) is 0 Å². The molecular formula is C28H24ClN3O2. The van der Waals surface area contributed by atoms with E-state index < -0.39 is 5.54 Å². The monoisotopic (exact) mass is 469 g/mol. The lowest BCUT2D eigenvalue weighted by molar-refractivity contribution is -0.166. The Balaban J connectivity index is 1.53. The van der Waals surface area contributed by atoms with E-state index in [0.717, 1.165) is 33.3 Å². The van der Waals surface area contributed by atoms with Crippen LogP contribution >= 0.6 is 11.6 Å². The second kappa shape index (κ2) is 7.74. The van der Waals surface area contributed by atoms with Gasteiger partial charge in [-0.2, -0.15) is 0 Å². The minimum Gasteiger partial charge on any atom is -0.356 e. The van der Waals surface area contributed by atoms with Crippen molar-refractivity contribution >= 4 is 34.3 Å². The molecule has 1 fully saturated rings. The summed E-state index contributed by atoms with van der Waals surface area (Å²) in [6.45, 7) is 2.74. The van der Waals surface area contributed by atoms with Gasteiger partial charge in [0.05, 0.1) is 5.69 Å². The summed E-state index contributed by atoms with van der Waals surface area (Å²) in [5.41, 5.74) is 3.63. The summed E-state index contributed by atoms with van der Waals surface area (Å²) in [6.07, 6.45) is 0. The number of H-pyrrole nitrogens is 1. The number of aromatic nitrogens is 1. The quantitative estimate of drug-likeness (QED) is 0.456. The molecule has 34 heavy (non-hydrogen) atoms. The van der Waals surface area contributed by atoms with Crippen LogP contribution in [0.2, 0.25) is 5.02 Å². The number of fused-ring (bicyclic) bond motifs is 5. The number of amides is 2. The van der Waals surface area contributed by atoms with Crippen LogP contribution < -0.4 is 0 Å². The van der Waals surface area contributed by atoms with Gasteiger partial charge >= 0.3 is 0 Å². The number of carbonyl (C=O) groups is 2. The summed E-state index contributed by atoms with van der Waals surface area (Å²) in [6, 6.07) is 25.6. The van der Waals surface area contributed by atoms with Gasteiger partial charge in [0, 0.05) is 34.9 Å². The van der Waals surface area contributed by atoms with Gasteiger partial charge in [-0.1, -0.05) is 78.3 Å². The average molecular weight is 470 g/mol. The summed E-state index contributed by atoms with van der Waals surface area (Å²) in [5.74, 6) is -0.258. The van der Waals surface area contributed by atoms with Gasteiger partial charge in [0.25, 0.3) is 5.91 Å². The van der Waals surface area contributed by atoms with Crippen LogP contribution in [0.3, 0.4) is 0 Å². The molecule has 0 saturated carbocycles. The van der Waals surface area contributed by atoms with Crippen molar-refractivity contribution in [2.24, 2.45) is 0 Å². The third-order valence-corrected chi connectivity index (χ3v) is 7.66. The predicted octanol–water partition coefficient (Wildman–Crippen LogP) is 5.05. The molecule has 2 atom stereocenters. The minimum absolute atomic E-state index is 0.0561. The smallest absolute Gasteiger partial charge is 0.255 e. The number of nitrogens with zero attached hydrogens (tertiary/aromatic N) is 2. The molecule has 2 aliphatic rings. The molecule has 4 aromatic rings. The molecule has 3 heterocycles. The number of aromatic amines is 1. The molecule has 170 valence electrons. The van der Waals surface area contributed by atoms with E-state index in [1.165, 1.54) is 0 Å². The molecule has 5 nitrogen and oxygen atoms in total. The second-order valence-corrected chi connectivity index (χ2v) is 9.66. The molecule has 0 aliphatic carbocycles. The van der Waals surface area contributed by atoms with Crippen molar-refractivity contribution in [1.82, 2.24) is 14.8 Å². The topological polar surface area (TPSA) is 56.4 Å². The maximum absolute atomic E-state index is 14.1. The fraction of sp³-hybridized carbons (Fsp3) is 0.214. The van der Waals surface area contributed by atoms with Gasteiger partial charge in [-0.3, -0.25) is 9.59 Å². The normalized spacial score (nSPS) is 22.1. The molecule has 2 amide bonds. The van der Waals surface area contributed by atoms with Crippen molar-refractivity contribution in [2.45, 2.75) is 24.9 Å². The van der Waals surface area contributed by atoms with Crippen molar-refractivity contribution in [2.75, 3.05) is 13.1 Å². The molecule has 6 rings (SSSR count). The van der Waals surface area contributed by atoms with E-state index in [4.69, 9.17) is 11.6 Å². The zero-order valence-electron chi connectivity index (χ0n) is 18.8. The lowest BCUT2D eigenvalue weighted by Crippen LogP contribution is -2.67. The first-order valence-corrected chi connectivity index (χ1v) is 11.9. The first-order chi connectivity index (χ1) is 16.5. The van der Waals surface area contributed by atoms with E-state index in [-0.39, 0.29) is 24.3 Å². The van der Waals surface area contributed by atoms with Crippen LogP contribution in [0.4, 0.5) is 0 Å². The minimum atomic E-state index is -1.11. The van der Waals surface area contributed by atoms with Crippen molar-refractivity contribution < 1.29 is 9.59 Å². The molecular weight excluding hydrogens is 446 g/mol. The fourth-order valence-electron chi connectivity index (χ4n) is 5.65. The number of para-hydroxylation sites is 1. The lowest BCUT2D eigenvalue weighted by atomic mass is 9.76. The summed E-state index contributed by atoms with van der Waals surface area (Å²) in [4.78, 5) is 34.6. The Morgan fingerprint density at radius 1 is 0.971 bits per heavy atom. The number of hydrogen-bond donors (Lipinski definition) is 1. The predicted molar refractivity (Wildman–Crippen MR) is 133 cm³/mol. The standard InChI is InChI=1S/C28H24ClN3O2/c1-28-26-25(20-12-6-8-14-23(20)30-26)21(19-11-5-7-13-22(19)29)16-32(28)24(33)17-31(27(28)34)15-18-9-3-2-4-10-18/h2-14,21,30H,15-17H2,1H3/t21?,28-/m0/s1. The fourth-order valence-corrected chi connectivity index (χ4v) is 5.91. The van der Waals surface area contributed by atoms with E-state index in [1.807, 2.05) is 79.7 Å². The Hall–Kier alpha value is -3.57. The Morgan fingerprint density at radius 2 is 1.68 bits per heavy atom. The number of piperazine rings is 1. The van der Waals surface area contributed by atoms with Gasteiger partial charge in [0.2, 0.25) is 5.91 Å². The summed E-state index contributed by atoms with van der Waals surface area (Å²) in [7, 11) is 0. The maximum Gasteiger partial charge on any atom is 0.255 e. The van der Waals surface area contributed by atoms with Crippen molar-refractivity contribution in [3.8, 4) is 0 Å². The van der Waals surface area contributed by atoms with Crippen LogP contribution in [0, 0.1) is 0 Å². The molecule has 1 unspecified atom stereocenters. The average Bonchev–Trinajstić information content (AvgIpc) is 3.25. The van der Waals surface area contributed by atoms with E-state index >= 15 is 0 Å². The highest BCUT2D eigenvalue weighted by atomic mass is 35.5. The number of rotatable bonds is 3. The van der Waals surface area contributed by atoms with E-state index in [9.17, 15) is 9.59 Å². The SMILES string of the molecule is C[C@]12C(=O)N(Cc3ccccc3)CC(=O)N1CC(c1ccccc1Cl)c1c2[nH]c2ccccc12. The largest absolute Gasteiger partial charge is 0.356 e. The molecule has 1 aromatic heterocycles. The highest BCUT2D eigenvalue weighted by molar-refractivity contribution is 6.31. The van der Waals surface area contributed by atoms with Crippen molar-refractivity contribution in [3.05, 3.63) is 106 Å². The van der Waals surface area contributed by atoms with E-state index in [1.54, 1.807) is 9.80 Å². The van der Waals surface area contributed by atoms with Crippen LogP contribution in [-0.4, -0.2) is 39.7 Å². The molecule has 1 N–H and O–H groups in total. The van der Waals surface area contributed by atoms with Crippen LogP contribution in [0.25, 0.3) is 10.9 Å². The molecule has 3 aromatic carbocycles. The summed E-state index contributed by atoms with van der Waals surface area (Å²) < 4.78 is 0. The Labute approximate surface area is 202 Å². The number of hydrogen-bond acceptors (Lipinski definition) is 2. The molecule has 1 saturated heterocycles. The van der Waals surface area contributed by atoms with Gasteiger partial charge in [0.15, 0.2) is 5.54 Å². The molecule has 0 spiro atoms. The van der Waals surface area contributed by atoms with E-state index in [2.05, 4.69) is 11.1 Å². The molecule has 2 aliphatic heterocycles. The Kier molecular flexibility index (Phi) is 4.78. The second-order valence-electron chi connectivity index (χ2n) is 9.26. The number of carbonyl (C=O) groups excluding carboxylic acids is 2. The number of halogens is 1. The van der Waals surface area contributed by atoms with Gasteiger partial charge in [0.1, 0.15) is 6.54 Å². The number of nitrogens with one attached hydrogen (secondary N) is 1. The first kappa shape index (κ1) is 21.0. The van der Waals surface area contributed by atoms with Crippen LogP contribution in [0.15, 0.2) is 78.9 Å². The van der Waals surface area contributed by atoms with E-state index in [0.29, 0.717) is 18.1 Å². The summed E-state index contributed by atoms with van der Waals surface area (Å²) in [5, 5.41) is 1.72. The number of benzene rings is 3.